The zero-order valence-corrected chi connectivity index (χ0v) is 14.7. The van der Waals surface area contributed by atoms with Crippen LogP contribution in [-0.4, -0.2) is 38.5 Å². The number of hydrogen-bond donors (Lipinski definition) is 1. The lowest BCUT2D eigenvalue weighted by Crippen LogP contribution is -2.39. The molecule has 2 aromatic heterocycles. The SMILES string of the molecule is Cc1nc(-c2cnccn2)nc(OCC(=O)NC2CCCCC2)c1C. The number of rotatable bonds is 5. The highest BCUT2D eigenvalue weighted by Crippen LogP contribution is 2.22. The fraction of sp³-hybridized carbons (Fsp3) is 0.500. The molecule has 0 bridgehead atoms. The summed E-state index contributed by atoms with van der Waals surface area (Å²) in [5, 5.41) is 3.04. The second kappa shape index (κ2) is 8.00. The first-order valence-electron chi connectivity index (χ1n) is 8.67. The Hall–Kier alpha value is -2.57. The maximum absolute atomic E-state index is 12.1. The van der Waals surface area contributed by atoms with Crippen LogP contribution < -0.4 is 10.1 Å². The third kappa shape index (κ3) is 4.49. The van der Waals surface area contributed by atoms with Gasteiger partial charge in [-0.1, -0.05) is 19.3 Å². The fourth-order valence-corrected chi connectivity index (χ4v) is 2.92. The van der Waals surface area contributed by atoms with Crippen molar-refractivity contribution in [1.82, 2.24) is 25.3 Å². The Bertz CT molecular complexity index is 730. The Balaban J connectivity index is 1.67. The van der Waals surface area contributed by atoms with E-state index in [1.54, 1.807) is 18.6 Å². The van der Waals surface area contributed by atoms with Crippen LogP contribution in [-0.2, 0) is 4.79 Å². The quantitative estimate of drug-likeness (QED) is 0.898. The topological polar surface area (TPSA) is 89.9 Å². The van der Waals surface area contributed by atoms with Gasteiger partial charge in [-0.25, -0.2) is 9.97 Å². The van der Waals surface area contributed by atoms with Gasteiger partial charge in [-0.15, -0.1) is 0 Å². The molecule has 2 heterocycles. The number of nitrogens with one attached hydrogen (secondary N) is 1. The third-order valence-corrected chi connectivity index (χ3v) is 4.45. The average molecular weight is 341 g/mol. The normalized spacial score (nSPS) is 15.0. The van der Waals surface area contributed by atoms with Crippen LogP contribution in [0, 0.1) is 13.8 Å². The first-order chi connectivity index (χ1) is 12.1. The van der Waals surface area contributed by atoms with E-state index >= 15 is 0 Å². The summed E-state index contributed by atoms with van der Waals surface area (Å²) in [6.07, 6.45) is 10.5. The molecule has 1 amide bonds. The molecular weight excluding hydrogens is 318 g/mol. The minimum Gasteiger partial charge on any atom is -0.467 e. The van der Waals surface area contributed by atoms with Crippen LogP contribution in [0.2, 0.25) is 0 Å². The van der Waals surface area contributed by atoms with Crippen LogP contribution >= 0.6 is 0 Å². The molecule has 1 saturated carbocycles. The summed E-state index contributed by atoms with van der Waals surface area (Å²) in [5.41, 5.74) is 2.18. The Labute approximate surface area is 147 Å². The summed E-state index contributed by atoms with van der Waals surface area (Å²) in [6, 6.07) is 0.272. The Morgan fingerprint density at radius 2 is 2.00 bits per heavy atom. The molecule has 7 nitrogen and oxygen atoms in total. The molecule has 0 aromatic carbocycles. The Morgan fingerprint density at radius 3 is 2.72 bits per heavy atom. The van der Waals surface area contributed by atoms with Crippen molar-refractivity contribution in [3.63, 3.8) is 0 Å². The number of hydrogen-bond acceptors (Lipinski definition) is 6. The van der Waals surface area contributed by atoms with Crippen molar-refractivity contribution in [3.05, 3.63) is 29.8 Å². The molecule has 0 aliphatic heterocycles. The maximum atomic E-state index is 12.1. The third-order valence-electron chi connectivity index (χ3n) is 4.45. The number of aromatic nitrogens is 4. The molecule has 0 atom stereocenters. The van der Waals surface area contributed by atoms with E-state index in [0.29, 0.717) is 17.4 Å². The summed E-state index contributed by atoms with van der Waals surface area (Å²) < 4.78 is 5.67. The van der Waals surface area contributed by atoms with Gasteiger partial charge in [0.1, 0.15) is 5.69 Å². The molecule has 1 fully saturated rings. The monoisotopic (exact) mass is 341 g/mol. The zero-order chi connectivity index (χ0) is 17.6. The van der Waals surface area contributed by atoms with E-state index < -0.39 is 0 Å². The van der Waals surface area contributed by atoms with E-state index in [1.807, 2.05) is 13.8 Å². The van der Waals surface area contributed by atoms with Crippen LogP contribution in [0.3, 0.4) is 0 Å². The maximum Gasteiger partial charge on any atom is 0.258 e. The second-order valence-corrected chi connectivity index (χ2v) is 6.34. The van der Waals surface area contributed by atoms with Crippen LogP contribution in [0.5, 0.6) is 5.88 Å². The molecule has 25 heavy (non-hydrogen) atoms. The Kier molecular flexibility index (Phi) is 5.53. The van der Waals surface area contributed by atoms with Gasteiger partial charge < -0.3 is 10.1 Å². The summed E-state index contributed by atoms with van der Waals surface area (Å²) in [6.45, 7) is 3.71. The average Bonchev–Trinajstić information content (AvgIpc) is 2.64. The first-order valence-corrected chi connectivity index (χ1v) is 8.67. The molecule has 7 heteroatoms. The molecule has 1 aliphatic carbocycles. The van der Waals surface area contributed by atoms with E-state index in [0.717, 1.165) is 24.1 Å². The van der Waals surface area contributed by atoms with Crippen molar-refractivity contribution in [2.75, 3.05) is 6.61 Å². The minimum atomic E-state index is -0.108. The fourth-order valence-electron chi connectivity index (χ4n) is 2.92. The molecule has 2 aromatic rings. The van der Waals surface area contributed by atoms with E-state index in [9.17, 15) is 4.79 Å². The molecule has 1 aliphatic rings. The van der Waals surface area contributed by atoms with Gasteiger partial charge in [0, 0.05) is 29.7 Å². The molecule has 0 spiro atoms. The van der Waals surface area contributed by atoms with Crippen molar-refractivity contribution in [3.8, 4) is 17.4 Å². The number of carbonyl (C=O) groups is 1. The number of aryl methyl sites for hydroxylation is 1. The molecule has 0 radical (unpaired) electrons. The van der Waals surface area contributed by atoms with Crippen molar-refractivity contribution >= 4 is 5.91 Å². The van der Waals surface area contributed by atoms with Gasteiger partial charge in [0.25, 0.3) is 5.91 Å². The first kappa shape index (κ1) is 17.3. The van der Waals surface area contributed by atoms with E-state index in [2.05, 4.69) is 25.3 Å². The molecule has 0 unspecified atom stereocenters. The van der Waals surface area contributed by atoms with Gasteiger partial charge in [0.05, 0.1) is 6.20 Å². The lowest BCUT2D eigenvalue weighted by atomic mass is 9.95. The molecule has 1 N–H and O–H groups in total. The van der Waals surface area contributed by atoms with Crippen LogP contribution in [0.1, 0.15) is 43.4 Å². The van der Waals surface area contributed by atoms with Gasteiger partial charge in [-0.05, 0) is 26.7 Å². The van der Waals surface area contributed by atoms with Gasteiger partial charge in [0.2, 0.25) is 5.88 Å². The molecular formula is C18H23N5O2. The van der Waals surface area contributed by atoms with E-state index in [1.165, 1.54) is 19.3 Å². The highest BCUT2D eigenvalue weighted by Gasteiger charge is 2.17. The lowest BCUT2D eigenvalue weighted by molar-refractivity contribution is -0.124. The second-order valence-electron chi connectivity index (χ2n) is 6.34. The summed E-state index contributed by atoms with van der Waals surface area (Å²) in [4.78, 5) is 29.2. The minimum absolute atomic E-state index is 0.0479. The van der Waals surface area contributed by atoms with E-state index in [4.69, 9.17) is 4.74 Å². The van der Waals surface area contributed by atoms with E-state index in [-0.39, 0.29) is 18.6 Å². The number of amides is 1. The predicted molar refractivity (Wildman–Crippen MR) is 93.0 cm³/mol. The van der Waals surface area contributed by atoms with Crippen LogP contribution in [0.4, 0.5) is 0 Å². The Morgan fingerprint density at radius 1 is 1.20 bits per heavy atom. The van der Waals surface area contributed by atoms with Crippen LogP contribution in [0.25, 0.3) is 11.5 Å². The van der Waals surface area contributed by atoms with Gasteiger partial charge in [-0.3, -0.25) is 9.78 Å². The predicted octanol–water partition coefficient (Wildman–Crippen LogP) is 2.38. The van der Waals surface area contributed by atoms with Gasteiger partial charge in [-0.2, -0.15) is 4.98 Å². The molecule has 0 saturated heterocycles. The van der Waals surface area contributed by atoms with Gasteiger partial charge in [0.15, 0.2) is 12.4 Å². The largest absolute Gasteiger partial charge is 0.467 e. The number of ether oxygens (including phenoxy) is 1. The highest BCUT2D eigenvalue weighted by molar-refractivity contribution is 5.77. The molecule has 3 rings (SSSR count). The van der Waals surface area contributed by atoms with Gasteiger partial charge >= 0.3 is 0 Å². The number of carbonyl (C=O) groups excluding carboxylic acids is 1. The van der Waals surface area contributed by atoms with Crippen molar-refractivity contribution in [2.45, 2.75) is 52.0 Å². The summed E-state index contributed by atoms with van der Waals surface area (Å²) in [7, 11) is 0. The molecule has 132 valence electrons. The number of nitrogens with zero attached hydrogens (tertiary/aromatic N) is 4. The standard InChI is InChI=1S/C18H23N5O2/c1-12-13(2)21-17(15-10-19-8-9-20-15)23-18(12)25-11-16(24)22-14-6-4-3-5-7-14/h8-10,14H,3-7,11H2,1-2H3,(H,22,24). The van der Waals surface area contributed by atoms with Crippen molar-refractivity contribution < 1.29 is 9.53 Å². The van der Waals surface area contributed by atoms with Crippen molar-refractivity contribution in [1.29, 1.82) is 0 Å². The summed E-state index contributed by atoms with van der Waals surface area (Å²) in [5.74, 6) is 0.745. The summed E-state index contributed by atoms with van der Waals surface area (Å²) >= 11 is 0. The lowest BCUT2D eigenvalue weighted by Gasteiger charge is -2.22. The smallest absolute Gasteiger partial charge is 0.258 e. The van der Waals surface area contributed by atoms with Crippen LogP contribution in [0.15, 0.2) is 18.6 Å². The van der Waals surface area contributed by atoms with Crippen molar-refractivity contribution in [2.24, 2.45) is 0 Å². The highest BCUT2D eigenvalue weighted by atomic mass is 16.5. The zero-order valence-electron chi connectivity index (χ0n) is 14.7.